The highest BCUT2D eigenvalue weighted by Crippen LogP contribution is 2.22. The van der Waals surface area contributed by atoms with Gasteiger partial charge in [0.2, 0.25) is 0 Å². The maximum atomic E-state index is 12.1. The second-order valence-electron chi connectivity index (χ2n) is 5.92. The lowest BCUT2D eigenvalue weighted by Gasteiger charge is -2.20. The molecule has 0 fully saturated rings. The summed E-state index contributed by atoms with van der Waals surface area (Å²) < 4.78 is 5.44. The largest absolute Gasteiger partial charge is 0.461 e. The van der Waals surface area contributed by atoms with Crippen molar-refractivity contribution >= 4 is 5.97 Å². The lowest BCUT2D eigenvalue weighted by molar-refractivity contribution is -0.151. The van der Waals surface area contributed by atoms with E-state index in [-0.39, 0.29) is 11.9 Å². The number of esters is 1. The molecule has 0 N–H and O–H groups in total. The fourth-order valence-corrected chi connectivity index (χ4v) is 2.07. The maximum Gasteiger partial charge on any atom is 0.309 e. The summed E-state index contributed by atoms with van der Waals surface area (Å²) in [6, 6.07) is 9.84. The predicted octanol–water partition coefficient (Wildman–Crippen LogP) is 4.44. The van der Waals surface area contributed by atoms with Gasteiger partial charge in [-0.15, -0.1) is 0 Å². The highest BCUT2D eigenvalue weighted by atomic mass is 16.5. The molecule has 0 aliphatic carbocycles. The molecule has 1 aromatic rings. The molecule has 0 heterocycles. The first-order chi connectivity index (χ1) is 9.00. The first-order valence-electron chi connectivity index (χ1n) is 7.21. The van der Waals surface area contributed by atoms with Gasteiger partial charge in [-0.3, -0.25) is 4.79 Å². The van der Waals surface area contributed by atoms with Crippen molar-refractivity contribution in [1.29, 1.82) is 0 Å². The predicted molar refractivity (Wildman–Crippen MR) is 78.6 cm³/mol. The third-order valence-electron chi connectivity index (χ3n) is 3.39. The zero-order valence-electron chi connectivity index (χ0n) is 12.6. The van der Waals surface area contributed by atoms with Crippen LogP contribution in [0.5, 0.6) is 0 Å². The van der Waals surface area contributed by atoms with Crippen LogP contribution >= 0.6 is 0 Å². The summed E-state index contributed by atoms with van der Waals surface area (Å²) in [5.74, 6) is 0.927. The minimum atomic E-state index is -0.0560. The average Bonchev–Trinajstić information content (AvgIpc) is 2.37. The maximum absolute atomic E-state index is 12.1. The number of hydrogen-bond acceptors (Lipinski definition) is 2. The Balaban J connectivity index is 2.48. The number of carbonyl (C=O) groups excluding carboxylic acids is 1. The summed E-state index contributed by atoms with van der Waals surface area (Å²) in [4.78, 5) is 12.1. The molecule has 0 radical (unpaired) electrons. The van der Waals surface area contributed by atoms with Gasteiger partial charge in [0.15, 0.2) is 0 Å². The van der Waals surface area contributed by atoms with E-state index in [2.05, 4.69) is 27.7 Å². The molecular weight excluding hydrogens is 236 g/mol. The van der Waals surface area contributed by atoms with Crippen LogP contribution in [0.1, 0.15) is 46.1 Å². The first-order valence-corrected chi connectivity index (χ1v) is 7.21. The van der Waals surface area contributed by atoms with Gasteiger partial charge in [-0.25, -0.2) is 0 Å². The van der Waals surface area contributed by atoms with Crippen LogP contribution < -0.4 is 0 Å². The summed E-state index contributed by atoms with van der Waals surface area (Å²) in [5, 5.41) is 0. The van der Waals surface area contributed by atoms with Crippen molar-refractivity contribution < 1.29 is 9.53 Å². The fraction of sp³-hybridized carbons (Fsp3) is 0.588. The van der Waals surface area contributed by atoms with Crippen LogP contribution in [0, 0.1) is 17.8 Å². The van der Waals surface area contributed by atoms with E-state index < -0.39 is 0 Å². The van der Waals surface area contributed by atoms with E-state index in [1.165, 1.54) is 0 Å². The van der Waals surface area contributed by atoms with Crippen molar-refractivity contribution in [2.24, 2.45) is 17.8 Å². The van der Waals surface area contributed by atoms with E-state index in [1.54, 1.807) is 0 Å². The molecule has 1 atom stereocenters. The Kier molecular flexibility index (Phi) is 6.61. The molecule has 0 saturated carbocycles. The SMILES string of the molecule is CC(C)CCC(C(=O)OCc1ccccc1)C(C)C. The third-order valence-corrected chi connectivity index (χ3v) is 3.39. The Labute approximate surface area is 117 Å². The Bertz CT molecular complexity index is 368. The zero-order chi connectivity index (χ0) is 14.3. The average molecular weight is 262 g/mol. The van der Waals surface area contributed by atoms with E-state index in [0.717, 1.165) is 18.4 Å². The second-order valence-corrected chi connectivity index (χ2v) is 5.92. The smallest absolute Gasteiger partial charge is 0.309 e. The molecule has 0 saturated heterocycles. The minimum Gasteiger partial charge on any atom is -0.461 e. The van der Waals surface area contributed by atoms with Gasteiger partial charge in [0.05, 0.1) is 5.92 Å². The summed E-state index contributed by atoms with van der Waals surface area (Å²) >= 11 is 0. The topological polar surface area (TPSA) is 26.3 Å². The number of hydrogen-bond donors (Lipinski definition) is 0. The molecule has 0 aliphatic heterocycles. The van der Waals surface area contributed by atoms with Crippen LogP contribution in [-0.2, 0) is 16.1 Å². The highest BCUT2D eigenvalue weighted by molar-refractivity contribution is 5.72. The molecule has 1 aromatic carbocycles. The molecule has 2 heteroatoms. The van der Waals surface area contributed by atoms with Crippen molar-refractivity contribution in [1.82, 2.24) is 0 Å². The highest BCUT2D eigenvalue weighted by Gasteiger charge is 2.23. The standard InChI is InChI=1S/C17H26O2/c1-13(2)10-11-16(14(3)4)17(18)19-12-15-8-6-5-7-9-15/h5-9,13-14,16H,10-12H2,1-4H3. The molecule has 1 rings (SSSR count). The minimum absolute atomic E-state index is 0.0195. The van der Waals surface area contributed by atoms with E-state index >= 15 is 0 Å². The molecule has 0 aliphatic rings. The van der Waals surface area contributed by atoms with Crippen molar-refractivity contribution in [2.45, 2.75) is 47.1 Å². The van der Waals surface area contributed by atoms with Gasteiger partial charge < -0.3 is 4.74 Å². The lowest BCUT2D eigenvalue weighted by Crippen LogP contribution is -2.23. The Morgan fingerprint density at radius 3 is 2.21 bits per heavy atom. The van der Waals surface area contributed by atoms with E-state index in [9.17, 15) is 4.79 Å². The van der Waals surface area contributed by atoms with Crippen molar-refractivity contribution in [2.75, 3.05) is 0 Å². The van der Waals surface area contributed by atoms with Crippen LogP contribution in [0.2, 0.25) is 0 Å². The first kappa shape index (κ1) is 15.7. The van der Waals surface area contributed by atoms with Crippen LogP contribution in [-0.4, -0.2) is 5.97 Å². The molecule has 0 spiro atoms. The summed E-state index contributed by atoms with van der Waals surface area (Å²) in [6.45, 7) is 8.94. The normalized spacial score (nSPS) is 12.7. The van der Waals surface area contributed by atoms with Crippen molar-refractivity contribution in [3.8, 4) is 0 Å². The third kappa shape index (κ3) is 5.91. The van der Waals surface area contributed by atoms with Crippen molar-refractivity contribution in [3.05, 3.63) is 35.9 Å². The summed E-state index contributed by atoms with van der Waals surface area (Å²) in [5.41, 5.74) is 1.04. The Morgan fingerprint density at radius 1 is 1.05 bits per heavy atom. The number of carbonyl (C=O) groups is 1. The van der Waals surface area contributed by atoms with Gasteiger partial charge in [0.25, 0.3) is 0 Å². The molecule has 19 heavy (non-hydrogen) atoms. The van der Waals surface area contributed by atoms with Crippen LogP contribution in [0.4, 0.5) is 0 Å². The number of rotatable bonds is 7. The lowest BCUT2D eigenvalue weighted by atomic mass is 9.89. The van der Waals surface area contributed by atoms with Crippen molar-refractivity contribution in [3.63, 3.8) is 0 Å². The Hall–Kier alpha value is -1.31. The Morgan fingerprint density at radius 2 is 1.68 bits per heavy atom. The molecule has 0 aromatic heterocycles. The monoisotopic (exact) mass is 262 g/mol. The molecule has 106 valence electrons. The van der Waals surface area contributed by atoms with E-state index in [1.807, 2.05) is 30.3 Å². The molecule has 2 nitrogen and oxygen atoms in total. The molecule has 0 amide bonds. The molecular formula is C17H26O2. The van der Waals surface area contributed by atoms with Gasteiger partial charge in [0.1, 0.15) is 6.61 Å². The van der Waals surface area contributed by atoms with Gasteiger partial charge in [-0.05, 0) is 23.8 Å². The number of ether oxygens (including phenoxy) is 1. The zero-order valence-corrected chi connectivity index (χ0v) is 12.6. The van der Waals surface area contributed by atoms with Gasteiger partial charge in [-0.1, -0.05) is 64.4 Å². The van der Waals surface area contributed by atoms with Gasteiger partial charge >= 0.3 is 5.97 Å². The quantitative estimate of drug-likeness (QED) is 0.679. The summed E-state index contributed by atoms with van der Waals surface area (Å²) in [6.07, 6.45) is 1.99. The van der Waals surface area contributed by atoms with Gasteiger partial charge in [-0.2, -0.15) is 0 Å². The van der Waals surface area contributed by atoms with Crippen LogP contribution in [0.15, 0.2) is 30.3 Å². The van der Waals surface area contributed by atoms with Crippen LogP contribution in [0.3, 0.4) is 0 Å². The van der Waals surface area contributed by atoms with Crippen LogP contribution in [0.25, 0.3) is 0 Å². The molecule has 0 bridgehead atoms. The van der Waals surface area contributed by atoms with E-state index in [0.29, 0.717) is 18.4 Å². The van der Waals surface area contributed by atoms with Gasteiger partial charge in [0, 0.05) is 0 Å². The fourth-order valence-electron chi connectivity index (χ4n) is 2.07. The number of benzene rings is 1. The summed E-state index contributed by atoms with van der Waals surface area (Å²) in [7, 11) is 0. The molecule has 1 unspecified atom stereocenters. The second kappa shape index (κ2) is 7.98. The van der Waals surface area contributed by atoms with E-state index in [4.69, 9.17) is 4.74 Å².